The van der Waals surface area contributed by atoms with Crippen molar-refractivity contribution in [3.63, 3.8) is 0 Å². The van der Waals surface area contributed by atoms with E-state index in [4.69, 9.17) is 0 Å². The van der Waals surface area contributed by atoms with Gasteiger partial charge in [-0.25, -0.2) is 8.78 Å². The summed E-state index contributed by atoms with van der Waals surface area (Å²) in [6.07, 6.45) is -0.397. The summed E-state index contributed by atoms with van der Waals surface area (Å²) < 4.78 is 27.2. The number of piperazine rings is 1. The maximum absolute atomic E-state index is 13.6. The third-order valence-corrected chi connectivity index (χ3v) is 3.50. The number of benzene rings is 1. The minimum Gasteiger partial charge on any atom is -0.357 e. The Morgan fingerprint density at radius 2 is 2.05 bits per heavy atom. The summed E-state index contributed by atoms with van der Waals surface area (Å²) in [6, 6.07) is 2.81. The van der Waals surface area contributed by atoms with Crippen molar-refractivity contribution in [3.05, 3.63) is 35.4 Å². The van der Waals surface area contributed by atoms with E-state index in [-0.39, 0.29) is 11.5 Å². The van der Waals surface area contributed by atoms with Gasteiger partial charge in [0.25, 0.3) is 0 Å². The molecule has 1 saturated heterocycles. The van der Waals surface area contributed by atoms with Crippen LogP contribution in [0.5, 0.6) is 0 Å². The van der Waals surface area contributed by atoms with E-state index in [2.05, 4.69) is 10.6 Å². The van der Waals surface area contributed by atoms with Crippen LogP contribution in [0.4, 0.5) is 8.78 Å². The van der Waals surface area contributed by atoms with Gasteiger partial charge in [-0.05, 0) is 12.1 Å². The molecule has 1 atom stereocenters. The van der Waals surface area contributed by atoms with Gasteiger partial charge < -0.3 is 15.5 Å². The van der Waals surface area contributed by atoms with Crippen LogP contribution in [-0.4, -0.2) is 49.4 Å². The predicted octanol–water partition coefficient (Wildman–Crippen LogP) is 0.0537. The maximum Gasteiger partial charge on any atom is 0.243 e. The molecular formula is C14H17F2N3O2. The third-order valence-electron chi connectivity index (χ3n) is 3.50. The van der Waals surface area contributed by atoms with Crippen LogP contribution in [0.1, 0.15) is 5.56 Å². The quantitative estimate of drug-likeness (QED) is 0.829. The normalized spacial score (nSPS) is 18.4. The Bertz CT molecular complexity index is 531. The third kappa shape index (κ3) is 3.36. The van der Waals surface area contributed by atoms with Crippen molar-refractivity contribution in [2.75, 3.05) is 26.7 Å². The van der Waals surface area contributed by atoms with E-state index in [1.54, 1.807) is 0 Å². The van der Waals surface area contributed by atoms with E-state index in [0.29, 0.717) is 19.6 Å². The summed E-state index contributed by atoms with van der Waals surface area (Å²) in [5.74, 6) is -2.27. The Morgan fingerprint density at radius 1 is 1.38 bits per heavy atom. The van der Waals surface area contributed by atoms with Crippen LogP contribution in [0.25, 0.3) is 0 Å². The lowest BCUT2D eigenvalue weighted by molar-refractivity contribution is -0.140. The van der Waals surface area contributed by atoms with Crippen molar-refractivity contribution in [1.82, 2.24) is 15.5 Å². The van der Waals surface area contributed by atoms with Crippen molar-refractivity contribution in [2.24, 2.45) is 0 Å². The zero-order valence-electron chi connectivity index (χ0n) is 11.7. The Kier molecular flexibility index (Phi) is 4.85. The van der Waals surface area contributed by atoms with E-state index >= 15 is 0 Å². The molecule has 0 aliphatic carbocycles. The highest BCUT2D eigenvalue weighted by Gasteiger charge is 2.32. The molecule has 2 N–H and O–H groups in total. The summed E-state index contributed by atoms with van der Waals surface area (Å²) in [5.41, 5.74) is -0.267. The first kappa shape index (κ1) is 15.4. The zero-order chi connectivity index (χ0) is 15.4. The lowest BCUT2D eigenvalue weighted by atomic mass is 10.1. The molecule has 0 spiro atoms. The van der Waals surface area contributed by atoms with Crippen molar-refractivity contribution in [3.8, 4) is 0 Å². The summed E-state index contributed by atoms with van der Waals surface area (Å²) in [6.45, 7) is 1.19. The van der Waals surface area contributed by atoms with Crippen LogP contribution in [0.3, 0.4) is 0 Å². The van der Waals surface area contributed by atoms with Gasteiger partial charge in [-0.15, -0.1) is 0 Å². The molecule has 7 heteroatoms. The number of nitrogens with one attached hydrogen (secondary N) is 2. The van der Waals surface area contributed by atoms with Gasteiger partial charge in [0.05, 0.1) is 6.42 Å². The molecule has 0 radical (unpaired) electrons. The second-order valence-electron chi connectivity index (χ2n) is 4.80. The first-order chi connectivity index (χ1) is 10.0. The van der Waals surface area contributed by atoms with Gasteiger partial charge in [-0.1, -0.05) is 6.07 Å². The van der Waals surface area contributed by atoms with Gasteiger partial charge in [0, 0.05) is 32.2 Å². The lowest BCUT2D eigenvalue weighted by Gasteiger charge is -2.35. The van der Waals surface area contributed by atoms with E-state index < -0.39 is 30.0 Å². The highest BCUT2D eigenvalue weighted by Crippen LogP contribution is 2.15. The summed E-state index contributed by atoms with van der Waals surface area (Å²) in [5, 5.41) is 5.50. The number of likely N-dealkylation sites (N-methyl/N-ethyl adjacent to an activating group) is 1. The van der Waals surface area contributed by atoms with Crippen molar-refractivity contribution in [1.29, 1.82) is 0 Å². The van der Waals surface area contributed by atoms with Gasteiger partial charge >= 0.3 is 0 Å². The van der Waals surface area contributed by atoms with Crippen LogP contribution in [0, 0.1) is 11.6 Å². The average Bonchev–Trinajstić information content (AvgIpc) is 2.50. The molecule has 114 valence electrons. The molecule has 0 saturated carbocycles. The monoisotopic (exact) mass is 297 g/mol. The van der Waals surface area contributed by atoms with Gasteiger partial charge in [0.15, 0.2) is 0 Å². The Morgan fingerprint density at radius 3 is 2.67 bits per heavy atom. The largest absolute Gasteiger partial charge is 0.357 e. The fourth-order valence-corrected chi connectivity index (χ4v) is 2.36. The Labute approximate surface area is 121 Å². The number of carbonyl (C=O) groups is 2. The number of nitrogens with zero attached hydrogens (tertiary/aromatic N) is 1. The molecule has 1 aromatic rings. The number of halogens is 2. The SMILES string of the molecule is CNC(=O)C1CNCCN1C(=O)Cc1c(F)cccc1F. The zero-order valence-corrected chi connectivity index (χ0v) is 11.7. The molecule has 5 nitrogen and oxygen atoms in total. The van der Waals surface area contributed by atoms with Crippen LogP contribution >= 0.6 is 0 Å². The summed E-state index contributed by atoms with van der Waals surface area (Å²) in [4.78, 5) is 25.4. The molecule has 1 unspecified atom stereocenters. The van der Waals surface area contributed by atoms with Crippen LogP contribution < -0.4 is 10.6 Å². The van der Waals surface area contributed by atoms with Crippen LogP contribution in [0.2, 0.25) is 0 Å². The molecule has 0 aromatic heterocycles. The van der Waals surface area contributed by atoms with Gasteiger partial charge in [0.1, 0.15) is 17.7 Å². The maximum atomic E-state index is 13.6. The summed E-state index contributed by atoms with van der Waals surface area (Å²) in [7, 11) is 1.48. The second kappa shape index (κ2) is 6.62. The molecule has 21 heavy (non-hydrogen) atoms. The van der Waals surface area contributed by atoms with E-state index in [0.717, 1.165) is 12.1 Å². The molecule has 2 rings (SSSR count). The number of hydrogen-bond donors (Lipinski definition) is 2. The number of amides is 2. The highest BCUT2D eigenvalue weighted by molar-refractivity contribution is 5.88. The van der Waals surface area contributed by atoms with Gasteiger partial charge in [-0.3, -0.25) is 9.59 Å². The number of rotatable bonds is 3. The molecule has 1 aliphatic heterocycles. The topological polar surface area (TPSA) is 61.4 Å². The molecule has 1 aromatic carbocycles. The molecular weight excluding hydrogens is 280 g/mol. The smallest absolute Gasteiger partial charge is 0.243 e. The van der Waals surface area contributed by atoms with Crippen molar-refractivity contribution in [2.45, 2.75) is 12.5 Å². The number of hydrogen-bond acceptors (Lipinski definition) is 3. The summed E-state index contributed by atoms with van der Waals surface area (Å²) >= 11 is 0. The molecule has 2 amide bonds. The fourth-order valence-electron chi connectivity index (χ4n) is 2.36. The fraction of sp³-hybridized carbons (Fsp3) is 0.429. The average molecular weight is 297 g/mol. The minimum absolute atomic E-state index is 0.267. The molecule has 1 aliphatic rings. The lowest BCUT2D eigenvalue weighted by Crippen LogP contribution is -2.59. The van der Waals surface area contributed by atoms with Crippen molar-refractivity contribution < 1.29 is 18.4 Å². The first-order valence-electron chi connectivity index (χ1n) is 6.69. The Hall–Kier alpha value is -2.02. The molecule has 0 bridgehead atoms. The highest BCUT2D eigenvalue weighted by atomic mass is 19.1. The minimum atomic E-state index is -0.755. The van der Waals surface area contributed by atoms with Gasteiger partial charge in [-0.2, -0.15) is 0 Å². The standard InChI is InChI=1S/C14H17F2N3O2/c1-17-14(21)12-8-18-5-6-19(12)13(20)7-9-10(15)3-2-4-11(9)16/h2-4,12,18H,5-8H2,1H3,(H,17,21). The van der Waals surface area contributed by atoms with E-state index in [9.17, 15) is 18.4 Å². The Balaban J connectivity index is 2.16. The van der Waals surface area contributed by atoms with E-state index in [1.807, 2.05) is 0 Å². The second-order valence-corrected chi connectivity index (χ2v) is 4.80. The van der Waals surface area contributed by atoms with Gasteiger partial charge in [0.2, 0.25) is 11.8 Å². The van der Waals surface area contributed by atoms with Crippen molar-refractivity contribution >= 4 is 11.8 Å². The van der Waals surface area contributed by atoms with Crippen LogP contribution in [-0.2, 0) is 16.0 Å². The predicted molar refractivity (Wildman–Crippen MR) is 72.5 cm³/mol. The molecule has 1 fully saturated rings. The van der Waals surface area contributed by atoms with Crippen LogP contribution in [0.15, 0.2) is 18.2 Å². The number of carbonyl (C=O) groups excluding carboxylic acids is 2. The van der Waals surface area contributed by atoms with E-state index in [1.165, 1.54) is 18.0 Å². The molecule has 1 heterocycles. The first-order valence-corrected chi connectivity index (χ1v) is 6.69.